The Morgan fingerprint density at radius 3 is 2.09 bits per heavy atom. The molecular weight excluding hydrogens is 334 g/mol. The molecule has 122 valence electrons. The first-order valence-electron chi connectivity index (χ1n) is 6.92. The molecule has 2 aromatic carbocycles. The second-order valence-corrected chi connectivity index (χ2v) is 7.39. The van der Waals surface area contributed by atoms with Gasteiger partial charge < -0.3 is 5.11 Å². The third kappa shape index (κ3) is 4.57. The van der Waals surface area contributed by atoms with Crippen LogP contribution in [0, 0.1) is 0 Å². The average molecular weight is 351 g/mol. The van der Waals surface area contributed by atoms with E-state index in [2.05, 4.69) is 17.4 Å². The van der Waals surface area contributed by atoms with Crippen LogP contribution in [-0.4, -0.2) is 31.3 Å². The monoisotopic (exact) mass is 351 g/mol. The lowest BCUT2D eigenvalue weighted by Crippen LogP contribution is -2.35. The second-order valence-electron chi connectivity index (χ2n) is 4.96. The van der Waals surface area contributed by atoms with E-state index in [4.69, 9.17) is 0 Å². The Balaban J connectivity index is 2.11. The number of aliphatic carboxylic acids is 1. The zero-order chi connectivity index (χ0) is 16.9. The van der Waals surface area contributed by atoms with E-state index in [1.807, 2.05) is 0 Å². The van der Waals surface area contributed by atoms with E-state index >= 15 is 0 Å². The SMILES string of the molecule is O=C(O)C(c1ccccc1)C(S)CNS(=O)(=O)c1ccccc1. The van der Waals surface area contributed by atoms with Crippen LogP contribution in [0.15, 0.2) is 65.6 Å². The molecule has 0 fully saturated rings. The minimum absolute atomic E-state index is 0.0911. The second kappa shape index (κ2) is 7.63. The lowest BCUT2D eigenvalue weighted by Gasteiger charge is -2.20. The van der Waals surface area contributed by atoms with E-state index < -0.39 is 27.2 Å². The quantitative estimate of drug-likeness (QED) is 0.667. The topological polar surface area (TPSA) is 83.5 Å². The van der Waals surface area contributed by atoms with Crippen molar-refractivity contribution < 1.29 is 18.3 Å². The van der Waals surface area contributed by atoms with Gasteiger partial charge in [-0.25, -0.2) is 13.1 Å². The molecule has 0 aliphatic rings. The van der Waals surface area contributed by atoms with Crippen molar-refractivity contribution in [3.8, 4) is 0 Å². The van der Waals surface area contributed by atoms with Crippen LogP contribution in [-0.2, 0) is 14.8 Å². The van der Waals surface area contributed by atoms with Crippen LogP contribution in [0.3, 0.4) is 0 Å². The number of carboxylic acid groups (broad SMARTS) is 1. The van der Waals surface area contributed by atoms with Crippen LogP contribution in [0.25, 0.3) is 0 Å². The highest BCUT2D eigenvalue weighted by Gasteiger charge is 2.28. The Labute approximate surface area is 140 Å². The van der Waals surface area contributed by atoms with Crippen LogP contribution in [0.2, 0.25) is 0 Å². The molecule has 7 heteroatoms. The van der Waals surface area contributed by atoms with Crippen molar-refractivity contribution in [1.29, 1.82) is 0 Å². The number of carbonyl (C=O) groups is 1. The maximum absolute atomic E-state index is 12.2. The molecule has 2 unspecified atom stereocenters. The van der Waals surface area contributed by atoms with Gasteiger partial charge in [0.25, 0.3) is 0 Å². The molecule has 0 aromatic heterocycles. The van der Waals surface area contributed by atoms with Gasteiger partial charge in [0.2, 0.25) is 10.0 Å². The van der Waals surface area contributed by atoms with Gasteiger partial charge in [0.1, 0.15) is 0 Å². The molecule has 0 aliphatic carbocycles. The van der Waals surface area contributed by atoms with Crippen molar-refractivity contribution in [2.45, 2.75) is 16.1 Å². The van der Waals surface area contributed by atoms with E-state index in [-0.39, 0.29) is 11.4 Å². The van der Waals surface area contributed by atoms with Crippen molar-refractivity contribution in [1.82, 2.24) is 4.72 Å². The number of rotatable bonds is 7. The number of benzene rings is 2. The smallest absolute Gasteiger partial charge is 0.312 e. The van der Waals surface area contributed by atoms with Crippen molar-refractivity contribution in [2.24, 2.45) is 0 Å². The summed E-state index contributed by atoms with van der Waals surface area (Å²) in [7, 11) is -3.69. The molecule has 0 bridgehead atoms. The highest BCUT2D eigenvalue weighted by molar-refractivity contribution is 7.89. The van der Waals surface area contributed by atoms with Crippen LogP contribution in [0.1, 0.15) is 11.5 Å². The Kier molecular flexibility index (Phi) is 5.81. The van der Waals surface area contributed by atoms with E-state index in [0.717, 1.165) is 0 Å². The van der Waals surface area contributed by atoms with Crippen molar-refractivity contribution in [3.63, 3.8) is 0 Å². The third-order valence-corrected chi connectivity index (χ3v) is 5.27. The fourth-order valence-corrected chi connectivity index (χ4v) is 3.78. The van der Waals surface area contributed by atoms with E-state index in [9.17, 15) is 18.3 Å². The van der Waals surface area contributed by atoms with Gasteiger partial charge in [0, 0.05) is 11.8 Å². The van der Waals surface area contributed by atoms with Crippen molar-refractivity contribution in [3.05, 3.63) is 66.2 Å². The lowest BCUT2D eigenvalue weighted by molar-refractivity contribution is -0.138. The zero-order valence-electron chi connectivity index (χ0n) is 12.2. The van der Waals surface area contributed by atoms with Gasteiger partial charge in [-0.3, -0.25) is 4.79 Å². The highest BCUT2D eigenvalue weighted by Crippen LogP contribution is 2.24. The summed E-state index contributed by atoms with van der Waals surface area (Å²) >= 11 is 4.29. The average Bonchev–Trinajstić information content (AvgIpc) is 2.55. The van der Waals surface area contributed by atoms with Crippen LogP contribution >= 0.6 is 12.6 Å². The summed E-state index contributed by atoms with van der Waals surface area (Å²) < 4.78 is 26.8. The summed E-state index contributed by atoms with van der Waals surface area (Å²) in [5, 5.41) is 8.72. The molecule has 2 N–H and O–H groups in total. The van der Waals surface area contributed by atoms with Gasteiger partial charge in [-0.15, -0.1) is 0 Å². The molecule has 23 heavy (non-hydrogen) atoms. The predicted molar refractivity (Wildman–Crippen MR) is 91.2 cm³/mol. The third-order valence-electron chi connectivity index (χ3n) is 3.35. The fourth-order valence-electron chi connectivity index (χ4n) is 2.19. The zero-order valence-corrected chi connectivity index (χ0v) is 13.9. The van der Waals surface area contributed by atoms with E-state index in [1.54, 1.807) is 48.5 Å². The number of nitrogens with one attached hydrogen (secondary N) is 1. The lowest BCUT2D eigenvalue weighted by atomic mass is 9.95. The molecule has 2 atom stereocenters. The van der Waals surface area contributed by atoms with Gasteiger partial charge >= 0.3 is 5.97 Å². The van der Waals surface area contributed by atoms with Gasteiger partial charge in [0.05, 0.1) is 10.8 Å². The molecule has 0 saturated heterocycles. The molecule has 5 nitrogen and oxygen atoms in total. The molecule has 0 heterocycles. The number of sulfonamides is 1. The Morgan fingerprint density at radius 1 is 1.04 bits per heavy atom. The molecule has 0 saturated carbocycles. The van der Waals surface area contributed by atoms with Gasteiger partial charge in [0.15, 0.2) is 0 Å². The summed E-state index contributed by atoms with van der Waals surface area (Å²) in [6, 6.07) is 16.5. The summed E-state index contributed by atoms with van der Waals surface area (Å²) in [5.41, 5.74) is 0.582. The van der Waals surface area contributed by atoms with E-state index in [1.165, 1.54) is 12.1 Å². The Hall–Kier alpha value is -1.83. The summed E-state index contributed by atoms with van der Waals surface area (Å²) in [4.78, 5) is 11.6. The predicted octanol–water partition coefficient (Wildman–Crippen LogP) is 2.13. The minimum Gasteiger partial charge on any atom is -0.481 e. The summed E-state index contributed by atoms with van der Waals surface area (Å²) in [6.45, 7) is -0.0911. The maximum atomic E-state index is 12.2. The largest absolute Gasteiger partial charge is 0.481 e. The normalized spacial score (nSPS) is 14.1. The Bertz CT molecular complexity index is 748. The van der Waals surface area contributed by atoms with Crippen LogP contribution in [0.5, 0.6) is 0 Å². The molecular formula is C16H17NO4S2. The molecule has 0 radical (unpaired) electrons. The number of hydrogen-bond donors (Lipinski definition) is 3. The van der Waals surface area contributed by atoms with Crippen LogP contribution < -0.4 is 4.72 Å². The molecule has 0 amide bonds. The Morgan fingerprint density at radius 2 is 1.57 bits per heavy atom. The number of hydrogen-bond acceptors (Lipinski definition) is 4. The summed E-state index contributed by atoms with van der Waals surface area (Å²) in [5.74, 6) is -1.95. The fraction of sp³-hybridized carbons (Fsp3) is 0.188. The van der Waals surface area contributed by atoms with Crippen molar-refractivity contribution >= 4 is 28.6 Å². The minimum atomic E-state index is -3.69. The van der Waals surface area contributed by atoms with Crippen LogP contribution in [0.4, 0.5) is 0 Å². The van der Waals surface area contributed by atoms with Gasteiger partial charge in [-0.05, 0) is 17.7 Å². The van der Waals surface area contributed by atoms with Crippen molar-refractivity contribution in [2.75, 3.05) is 6.54 Å². The summed E-state index contributed by atoms with van der Waals surface area (Å²) in [6.07, 6.45) is 0. The molecule has 0 aliphatic heterocycles. The number of thiol groups is 1. The highest BCUT2D eigenvalue weighted by atomic mass is 32.2. The van der Waals surface area contributed by atoms with Gasteiger partial charge in [-0.1, -0.05) is 48.5 Å². The van der Waals surface area contributed by atoms with E-state index in [0.29, 0.717) is 5.56 Å². The first-order valence-corrected chi connectivity index (χ1v) is 8.92. The van der Waals surface area contributed by atoms with Gasteiger partial charge in [-0.2, -0.15) is 12.6 Å². The maximum Gasteiger partial charge on any atom is 0.312 e. The molecule has 2 rings (SSSR count). The first-order chi connectivity index (χ1) is 10.9. The molecule has 0 spiro atoms. The molecule has 2 aromatic rings. The number of carboxylic acids is 1. The standard InChI is InChI=1S/C16H17NO4S2/c18-16(19)15(12-7-3-1-4-8-12)14(22)11-17-23(20,21)13-9-5-2-6-10-13/h1-10,14-15,17,22H,11H2,(H,18,19). The first kappa shape index (κ1) is 17.5.